The van der Waals surface area contributed by atoms with Crippen molar-refractivity contribution < 1.29 is 4.74 Å². The fraction of sp³-hybridized carbons (Fsp3) is 0.353. The zero-order valence-electron chi connectivity index (χ0n) is 12.4. The minimum atomic E-state index is 0.0859. The van der Waals surface area contributed by atoms with E-state index in [0.717, 1.165) is 11.1 Å². The largest absolute Gasteiger partial charge is 0.487 e. The van der Waals surface area contributed by atoms with Crippen molar-refractivity contribution >= 4 is 11.6 Å². The molecule has 0 aliphatic rings. The van der Waals surface area contributed by atoms with Crippen LogP contribution in [0.5, 0.6) is 5.75 Å². The molecule has 0 spiro atoms. The van der Waals surface area contributed by atoms with Crippen LogP contribution in [0.3, 0.4) is 0 Å². The van der Waals surface area contributed by atoms with Gasteiger partial charge in [-0.25, -0.2) is 0 Å². The molecule has 0 N–H and O–H groups in total. The van der Waals surface area contributed by atoms with Crippen LogP contribution in [0, 0.1) is 6.92 Å². The average molecular weight is 290 g/mol. The molecular weight excluding hydrogens is 270 g/mol. The molecule has 2 aromatic rings. The monoisotopic (exact) mass is 289 g/mol. The van der Waals surface area contributed by atoms with Crippen molar-refractivity contribution in [3.8, 4) is 5.75 Å². The lowest BCUT2D eigenvalue weighted by molar-refractivity contribution is 0.305. The highest BCUT2D eigenvalue weighted by atomic mass is 35.5. The summed E-state index contributed by atoms with van der Waals surface area (Å²) in [4.78, 5) is 4.15. The van der Waals surface area contributed by atoms with Gasteiger partial charge in [-0.05, 0) is 41.7 Å². The van der Waals surface area contributed by atoms with Crippen molar-refractivity contribution in [2.24, 2.45) is 0 Å². The van der Waals surface area contributed by atoms with Gasteiger partial charge in [-0.15, -0.1) is 0 Å². The number of hydrogen-bond acceptors (Lipinski definition) is 2. The Kier molecular flexibility index (Phi) is 4.34. The normalized spacial score (nSPS) is 11.4. The van der Waals surface area contributed by atoms with E-state index in [1.165, 1.54) is 5.56 Å². The first-order valence-electron chi connectivity index (χ1n) is 6.69. The minimum Gasteiger partial charge on any atom is -0.487 e. The van der Waals surface area contributed by atoms with E-state index in [9.17, 15) is 0 Å². The number of rotatable bonds is 3. The third-order valence-electron chi connectivity index (χ3n) is 3.12. The molecule has 0 amide bonds. The summed E-state index contributed by atoms with van der Waals surface area (Å²) < 4.78 is 5.77. The Bertz CT molecular complexity index is 602. The number of aromatic nitrogens is 1. The van der Waals surface area contributed by atoms with Gasteiger partial charge in [0.2, 0.25) is 0 Å². The summed E-state index contributed by atoms with van der Waals surface area (Å²) in [5.41, 5.74) is 3.45. The molecule has 0 aliphatic carbocycles. The van der Waals surface area contributed by atoms with E-state index in [2.05, 4.69) is 37.9 Å². The van der Waals surface area contributed by atoms with E-state index in [0.29, 0.717) is 17.4 Å². The van der Waals surface area contributed by atoms with Gasteiger partial charge in [-0.3, -0.25) is 4.98 Å². The van der Waals surface area contributed by atoms with E-state index < -0.39 is 0 Å². The van der Waals surface area contributed by atoms with Gasteiger partial charge in [-0.1, -0.05) is 38.4 Å². The van der Waals surface area contributed by atoms with Crippen molar-refractivity contribution in [3.05, 3.63) is 58.4 Å². The number of benzene rings is 1. The number of ether oxygens (including phenoxy) is 1. The molecule has 3 heteroatoms. The van der Waals surface area contributed by atoms with Crippen LogP contribution < -0.4 is 4.74 Å². The Hall–Kier alpha value is -1.54. The molecule has 0 unspecified atom stereocenters. The third kappa shape index (κ3) is 3.73. The predicted molar refractivity (Wildman–Crippen MR) is 83.5 cm³/mol. The first-order valence-corrected chi connectivity index (χ1v) is 7.07. The highest BCUT2D eigenvalue weighted by Crippen LogP contribution is 2.31. The molecule has 0 atom stereocenters. The second kappa shape index (κ2) is 5.84. The number of aryl methyl sites for hydroxylation is 1. The Balaban J connectivity index is 2.11. The maximum absolute atomic E-state index is 6.29. The Morgan fingerprint density at radius 1 is 1.15 bits per heavy atom. The Morgan fingerprint density at radius 3 is 2.50 bits per heavy atom. The first kappa shape index (κ1) is 14.9. The molecule has 1 aromatic heterocycles. The van der Waals surface area contributed by atoms with E-state index in [4.69, 9.17) is 16.3 Å². The zero-order chi connectivity index (χ0) is 14.8. The summed E-state index contributed by atoms with van der Waals surface area (Å²) >= 11 is 6.29. The van der Waals surface area contributed by atoms with Crippen LogP contribution in [-0.2, 0) is 12.0 Å². The summed E-state index contributed by atoms with van der Waals surface area (Å²) in [7, 11) is 0. The van der Waals surface area contributed by atoms with Gasteiger partial charge in [0.1, 0.15) is 12.4 Å². The smallest absolute Gasteiger partial charge is 0.138 e. The van der Waals surface area contributed by atoms with Crippen molar-refractivity contribution in [1.29, 1.82) is 0 Å². The number of nitrogens with zero attached hydrogens (tertiary/aromatic N) is 1. The van der Waals surface area contributed by atoms with Gasteiger partial charge in [0.15, 0.2) is 0 Å². The van der Waals surface area contributed by atoms with Gasteiger partial charge in [0.25, 0.3) is 0 Å². The minimum absolute atomic E-state index is 0.0859. The molecule has 0 bridgehead atoms. The highest BCUT2D eigenvalue weighted by Gasteiger charge is 2.15. The van der Waals surface area contributed by atoms with Crippen molar-refractivity contribution in [2.75, 3.05) is 0 Å². The second-order valence-electron chi connectivity index (χ2n) is 6.05. The molecule has 20 heavy (non-hydrogen) atoms. The fourth-order valence-electron chi connectivity index (χ4n) is 1.94. The van der Waals surface area contributed by atoms with Crippen molar-refractivity contribution in [3.63, 3.8) is 0 Å². The molecule has 1 heterocycles. The average Bonchev–Trinajstić information content (AvgIpc) is 2.36. The quantitative estimate of drug-likeness (QED) is 0.800. The second-order valence-corrected chi connectivity index (χ2v) is 6.46. The fourth-order valence-corrected chi connectivity index (χ4v) is 2.18. The van der Waals surface area contributed by atoms with Crippen LogP contribution in [0.15, 0.2) is 36.7 Å². The molecule has 0 saturated heterocycles. The van der Waals surface area contributed by atoms with Crippen LogP contribution in [0.25, 0.3) is 0 Å². The van der Waals surface area contributed by atoms with Crippen molar-refractivity contribution in [2.45, 2.75) is 39.7 Å². The van der Waals surface area contributed by atoms with E-state index >= 15 is 0 Å². The molecule has 106 valence electrons. The zero-order valence-corrected chi connectivity index (χ0v) is 13.2. The van der Waals surface area contributed by atoms with E-state index in [1.807, 2.05) is 31.5 Å². The van der Waals surface area contributed by atoms with Gasteiger partial charge in [0.05, 0.1) is 5.02 Å². The van der Waals surface area contributed by atoms with Gasteiger partial charge < -0.3 is 4.74 Å². The molecular formula is C17H20ClNO. The van der Waals surface area contributed by atoms with E-state index in [-0.39, 0.29) is 5.41 Å². The lowest BCUT2D eigenvalue weighted by Crippen LogP contribution is -2.10. The molecule has 0 radical (unpaired) electrons. The third-order valence-corrected chi connectivity index (χ3v) is 3.42. The van der Waals surface area contributed by atoms with Crippen LogP contribution in [-0.4, -0.2) is 4.98 Å². The van der Waals surface area contributed by atoms with Crippen LogP contribution in [0.1, 0.15) is 37.5 Å². The van der Waals surface area contributed by atoms with Gasteiger partial charge in [0, 0.05) is 18.0 Å². The Morgan fingerprint density at radius 2 is 1.90 bits per heavy atom. The topological polar surface area (TPSA) is 22.1 Å². The summed E-state index contributed by atoms with van der Waals surface area (Å²) in [5.74, 6) is 0.709. The lowest BCUT2D eigenvalue weighted by atomic mass is 9.87. The summed E-state index contributed by atoms with van der Waals surface area (Å²) in [6, 6.07) is 8.04. The SMILES string of the molecule is Cc1cncc(COc2ccc(C(C)(C)C)cc2Cl)c1. The number of hydrogen-bond donors (Lipinski definition) is 0. The molecule has 0 aliphatic heterocycles. The molecule has 2 nitrogen and oxygen atoms in total. The standard InChI is InChI=1S/C17H20ClNO/c1-12-7-13(10-19-9-12)11-20-16-6-5-14(8-15(16)18)17(2,3)4/h5-10H,11H2,1-4H3. The van der Waals surface area contributed by atoms with Gasteiger partial charge in [-0.2, -0.15) is 0 Å². The van der Waals surface area contributed by atoms with Crippen LogP contribution in [0.2, 0.25) is 5.02 Å². The maximum atomic E-state index is 6.29. The van der Waals surface area contributed by atoms with Crippen LogP contribution in [0.4, 0.5) is 0 Å². The summed E-state index contributed by atoms with van der Waals surface area (Å²) in [5, 5.41) is 0.651. The lowest BCUT2D eigenvalue weighted by Gasteiger charge is -2.20. The highest BCUT2D eigenvalue weighted by molar-refractivity contribution is 6.32. The summed E-state index contributed by atoms with van der Waals surface area (Å²) in [6.07, 6.45) is 3.64. The van der Waals surface area contributed by atoms with Crippen molar-refractivity contribution in [1.82, 2.24) is 4.98 Å². The first-order chi connectivity index (χ1) is 9.36. The summed E-state index contributed by atoms with van der Waals surface area (Å²) in [6.45, 7) is 8.98. The number of pyridine rings is 1. The maximum Gasteiger partial charge on any atom is 0.138 e. The molecule has 1 aromatic carbocycles. The molecule has 0 saturated carbocycles. The molecule has 2 rings (SSSR count). The van der Waals surface area contributed by atoms with Gasteiger partial charge >= 0.3 is 0 Å². The number of halogens is 1. The van der Waals surface area contributed by atoms with Crippen LogP contribution >= 0.6 is 11.6 Å². The molecule has 0 fully saturated rings. The predicted octanol–water partition coefficient (Wildman–Crippen LogP) is 4.92. The Labute approximate surface area is 125 Å². The van der Waals surface area contributed by atoms with E-state index in [1.54, 1.807) is 0 Å².